The Kier molecular flexibility index (Phi) is 7.87. The number of carbonyl (C=O) groups excluding carboxylic acids is 2. The van der Waals surface area contributed by atoms with Crippen LogP contribution in [0.5, 0.6) is 5.75 Å². The summed E-state index contributed by atoms with van der Waals surface area (Å²) < 4.78 is 0. The van der Waals surface area contributed by atoms with Crippen molar-refractivity contribution in [3.63, 3.8) is 0 Å². The summed E-state index contributed by atoms with van der Waals surface area (Å²) in [5.41, 5.74) is 6.41. The smallest absolute Gasteiger partial charge is 0.326 e. The van der Waals surface area contributed by atoms with Gasteiger partial charge in [-0.1, -0.05) is 32.4 Å². The highest BCUT2D eigenvalue weighted by Crippen LogP contribution is 2.11. The van der Waals surface area contributed by atoms with Crippen LogP contribution in [0.1, 0.15) is 25.8 Å². The van der Waals surface area contributed by atoms with Crippen LogP contribution in [0, 0.1) is 5.92 Å². The first-order valence-corrected chi connectivity index (χ1v) is 8.08. The summed E-state index contributed by atoms with van der Waals surface area (Å²) >= 11 is 0. The number of aliphatic carboxylic acids is 1. The second kappa shape index (κ2) is 9.63. The van der Waals surface area contributed by atoms with Crippen molar-refractivity contribution in [2.75, 3.05) is 6.54 Å². The third-order valence-electron chi connectivity index (χ3n) is 3.99. The van der Waals surface area contributed by atoms with E-state index in [-0.39, 0.29) is 24.6 Å². The summed E-state index contributed by atoms with van der Waals surface area (Å²) in [6, 6.07) is 4.16. The molecule has 0 unspecified atom stereocenters. The number of nitrogens with two attached hydrogens (primary N) is 1. The number of amides is 2. The van der Waals surface area contributed by atoms with Crippen LogP contribution in [0.3, 0.4) is 0 Å². The molecule has 0 saturated carbocycles. The van der Waals surface area contributed by atoms with Gasteiger partial charge < -0.3 is 26.6 Å². The average molecular weight is 351 g/mol. The van der Waals surface area contributed by atoms with Gasteiger partial charge in [0.15, 0.2) is 0 Å². The Balaban J connectivity index is 2.55. The Labute approximate surface area is 146 Å². The molecule has 6 N–H and O–H groups in total. The molecule has 8 nitrogen and oxygen atoms in total. The Morgan fingerprint density at radius 3 is 2.32 bits per heavy atom. The molecule has 1 aromatic rings. The third-order valence-corrected chi connectivity index (χ3v) is 3.99. The Morgan fingerprint density at radius 1 is 1.20 bits per heavy atom. The molecule has 0 heterocycles. The zero-order chi connectivity index (χ0) is 19.0. The van der Waals surface area contributed by atoms with Gasteiger partial charge in [0.1, 0.15) is 11.8 Å². The predicted molar refractivity (Wildman–Crippen MR) is 91.8 cm³/mol. The van der Waals surface area contributed by atoms with Gasteiger partial charge in [0, 0.05) is 6.42 Å². The van der Waals surface area contributed by atoms with E-state index in [2.05, 4.69) is 10.6 Å². The standard InChI is InChI=1S/C17H25N3O5/c1-3-10(2)15(18)16(23)19-9-14(22)20-13(17(24)25)8-11-4-6-12(21)7-5-11/h4-7,10,13,15,21H,3,8-9,18H2,1-2H3,(H,19,23)(H,20,22)(H,24,25)/t10-,13-,15-/m0/s1. The number of nitrogens with one attached hydrogen (secondary N) is 2. The van der Waals surface area contributed by atoms with Gasteiger partial charge >= 0.3 is 5.97 Å². The van der Waals surface area contributed by atoms with Gasteiger partial charge in [0.05, 0.1) is 12.6 Å². The molecule has 0 bridgehead atoms. The normalized spacial score (nSPS) is 14.2. The predicted octanol–water partition coefficient (Wildman–Crippen LogP) is -0.00630. The number of aromatic hydroxyl groups is 1. The van der Waals surface area contributed by atoms with E-state index in [4.69, 9.17) is 5.73 Å². The third kappa shape index (κ3) is 6.80. The van der Waals surface area contributed by atoms with Crippen molar-refractivity contribution in [2.45, 2.75) is 38.8 Å². The molecule has 0 radical (unpaired) electrons. The van der Waals surface area contributed by atoms with Crippen molar-refractivity contribution in [2.24, 2.45) is 11.7 Å². The van der Waals surface area contributed by atoms with Crippen LogP contribution in [-0.4, -0.2) is 46.6 Å². The SMILES string of the molecule is CC[C@H](C)[C@H](N)C(=O)NCC(=O)N[C@@H](Cc1ccc(O)cc1)C(=O)O. The van der Waals surface area contributed by atoms with Crippen molar-refractivity contribution in [3.8, 4) is 5.75 Å². The molecule has 0 saturated heterocycles. The maximum atomic E-state index is 11.9. The van der Waals surface area contributed by atoms with Gasteiger partial charge in [0.2, 0.25) is 11.8 Å². The molecule has 2 amide bonds. The molecule has 1 rings (SSSR count). The van der Waals surface area contributed by atoms with Gasteiger partial charge in [-0.3, -0.25) is 9.59 Å². The Hall–Kier alpha value is -2.61. The quantitative estimate of drug-likeness (QED) is 0.424. The van der Waals surface area contributed by atoms with Gasteiger partial charge in [-0.15, -0.1) is 0 Å². The number of benzene rings is 1. The monoisotopic (exact) mass is 351 g/mol. The van der Waals surface area contributed by atoms with Crippen LogP contribution >= 0.6 is 0 Å². The second-order valence-corrected chi connectivity index (χ2v) is 5.96. The molecule has 3 atom stereocenters. The fraction of sp³-hybridized carbons (Fsp3) is 0.471. The van der Waals surface area contributed by atoms with Crippen LogP contribution in [0.15, 0.2) is 24.3 Å². The van der Waals surface area contributed by atoms with Crippen molar-refractivity contribution < 1.29 is 24.6 Å². The topological polar surface area (TPSA) is 142 Å². The summed E-state index contributed by atoms with van der Waals surface area (Å²) in [6.45, 7) is 3.40. The zero-order valence-electron chi connectivity index (χ0n) is 14.4. The lowest BCUT2D eigenvalue weighted by Gasteiger charge is -2.18. The van der Waals surface area contributed by atoms with E-state index in [1.807, 2.05) is 13.8 Å². The molecule has 0 aromatic heterocycles. The molecule has 8 heteroatoms. The highest BCUT2D eigenvalue weighted by Gasteiger charge is 2.23. The fourth-order valence-corrected chi connectivity index (χ4v) is 2.11. The lowest BCUT2D eigenvalue weighted by molar-refractivity contribution is -0.141. The fourth-order valence-electron chi connectivity index (χ4n) is 2.11. The van der Waals surface area contributed by atoms with E-state index in [9.17, 15) is 24.6 Å². The summed E-state index contributed by atoms with van der Waals surface area (Å²) in [6.07, 6.45) is 0.788. The minimum absolute atomic E-state index is 0.0238. The summed E-state index contributed by atoms with van der Waals surface area (Å²) in [4.78, 5) is 35.0. The molecule has 138 valence electrons. The maximum absolute atomic E-state index is 11.9. The summed E-state index contributed by atoms with van der Waals surface area (Å²) in [5.74, 6) is -2.21. The lowest BCUT2D eigenvalue weighted by Crippen LogP contribution is -2.50. The van der Waals surface area contributed by atoms with E-state index in [0.717, 1.165) is 6.42 Å². The minimum atomic E-state index is -1.19. The largest absolute Gasteiger partial charge is 0.508 e. The van der Waals surface area contributed by atoms with Crippen molar-refractivity contribution >= 4 is 17.8 Å². The van der Waals surface area contributed by atoms with Crippen molar-refractivity contribution in [3.05, 3.63) is 29.8 Å². The minimum Gasteiger partial charge on any atom is -0.508 e. The van der Waals surface area contributed by atoms with Crippen molar-refractivity contribution in [1.29, 1.82) is 0 Å². The number of carboxylic acids is 1. The molecule has 0 aliphatic heterocycles. The first-order valence-electron chi connectivity index (χ1n) is 8.08. The van der Waals surface area contributed by atoms with E-state index in [1.54, 1.807) is 12.1 Å². The van der Waals surface area contributed by atoms with Crippen LogP contribution in [0.2, 0.25) is 0 Å². The van der Waals surface area contributed by atoms with Gasteiger partial charge in [0.25, 0.3) is 0 Å². The molecule has 0 aliphatic carbocycles. The Bertz CT molecular complexity index is 603. The Morgan fingerprint density at radius 2 is 1.80 bits per heavy atom. The lowest BCUT2D eigenvalue weighted by atomic mass is 9.99. The van der Waals surface area contributed by atoms with Gasteiger partial charge in [-0.2, -0.15) is 0 Å². The van der Waals surface area contributed by atoms with Crippen LogP contribution in [0.4, 0.5) is 0 Å². The van der Waals surface area contributed by atoms with Crippen LogP contribution in [0.25, 0.3) is 0 Å². The van der Waals surface area contributed by atoms with E-state index >= 15 is 0 Å². The van der Waals surface area contributed by atoms with E-state index in [0.29, 0.717) is 5.56 Å². The molecule has 1 aromatic carbocycles. The van der Waals surface area contributed by atoms with Crippen LogP contribution in [-0.2, 0) is 20.8 Å². The number of phenols is 1. The number of hydrogen-bond acceptors (Lipinski definition) is 5. The molecule has 0 fully saturated rings. The zero-order valence-corrected chi connectivity index (χ0v) is 14.4. The van der Waals surface area contributed by atoms with Crippen molar-refractivity contribution in [1.82, 2.24) is 10.6 Å². The summed E-state index contributed by atoms with van der Waals surface area (Å²) in [5, 5.41) is 23.2. The average Bonchev–Trinajstić information content (AvgIpc) is 2.59. The first kappa shape index (κ1) is 20.4. The number of hydrogen-bond donors (Lipinski definition) is 5. The molecular formula is C17H25N3O5. The second-order valence-electron chi connectivity index (χ2n) is 5.96. The van der Waals surface area contributed by atoms with E-state index < -0.39 is 29.9 Å². The number of carbonyl (C=O) groups is 3. The number of phenolic OH excluding ortho intramolecular Hbond substituents is 1. The first-order chi connectivity index (χ1) is 11.7. The van der Waals surface area contributed by atoms with Gasteiger partial charge in [-0.25, -0.2) is 4.79 Å². The number of rotatable bonds is 9. The van der Waals surface area contributed by atoms with Gasteiger partial charge in [-0.05, 0) is 23.6 Å². The molecule has 0 aliphatic rings. The number of carboxylic acid groups (broad SMARTS) is 1. The summed E-state index contributed by atoms with van der Waals surface area (Å²) in [7, 11) is 0. The highest BCUT2D eigenvalue weighted by molar-refractivity contribution is 5.89. The molecule has 0 spiro atoms. The van der Waals surface area contributed by atoms with E-state index in [1.165, 1.54) is 12.1 Å². The maximum Gasteiger partial charge on any atom is 0.326 e. The molecular weight excluding hydrogens is 326 g/mol. The molecule has 25 heavy (non-hydrogen) atoms. The highest BCUT2D eigenvalue weighted by atomic mass is 16.4. The van der Waals surface area contributed by atoms with Crippen LogP contribution < -0.4 is 16.4 Å².